The summed E-state index contributed by atoms with van der Waals surface area (Å²) in [7, 11) is 0. The van der Waals surface area contributed by atoms with E-state index in [9.17, 15) is 4.79 Å². The summed E-state index contributed by atoms with van der Waals surface area (Å²) in [6, 6.07) is 0. The molecule has 0 spiro atoms. The average molecular weight is 281 g/mol. The molecule has 2 nitrogen and oxygen atoms in total. The zero-order valence-electron chi connectivity index (χ0n) is 10.9. The molecule has 0 unspecified atom stereocenters. The minimum atomic E-state index is 0.138. The summed E-state index contributed by atoms with van der Waals surface area (Å²) in [4.78, 5) is 16.3. The fourth-order valence-corrected chi connectivity index (χ4v) is 7.95. The van der Waals surface area contributed by atoms with Crippen LogP contribution in [-0.2, 0) is 5.41 Å². The normalized spacial score (nSPS) is 45.0. The first-order valence-electron chi connectivity index (χ1n) is 7.03. The van der Waals surface area contributed by atoms with E-state index < -0.39 is 0 Å². The van der Waals surface area contributed by atoms with Gasteiger partial charge in [0.25, 0.3) is 0 Å². The Morgan fingerprint density at radius 1 is 1.39 bits per heavy atom. The maximum Gasteiger partial charge on any atom is 0.305 e. The molecule has 2 bridgehead atoms. The molecule has 1 aromatic rings. The largest absolute Gasteiger partial charge is 0.307 e. The molecule has 0 radical (unpaired) electrons. The molecule has 2 fully saturated rings. The number of H-pyrrole nitrogens is 1. The number of aromatic nitrogens is 1. The van der Waals surface area contributed by atoms with Gasteiger partial charge >= 0.3 is 4.87 Å². The summed E-state index contributed by atoms with van der Waals surface area (Å²) in [5.41, 5.74) is 0.245. The number of fused-ring (bicyclic) bond motifs is 6. The van der Waals surface area contributed by atoms with Crippen molar-refractivity contribution < 1.29 is 0 Å². The van der Waals surface area contributed by atoms with Gasteiger partial charge in [0, 0.05) is 15.5 Å². The van der Waals surface area contributed by atoms with E-state index in [0.29, 0.717) is 0 Å². The van der Waals surface area contributed by atoms with Crippen LogP contribution >= 0.6 is 23.1 Å². The molecule has 18 heavy (non-hydrogen) atoms. The molecule has 0 aromatic carbocycles. The van der Waals surface area contributed by atoms with Crippen molar-refractivity contribution in [2.45, 2.75) is 55.2 Å². The van der Waals surface area contributed by atoms with Gasteiger partial charge in [-0.15, -0.1) is 11.8 Å². The van der Waals surface area contributed by atoms with Crippen LogP contribution in [0, 0.1) is 17.8 Å². The van der Waals surface area contributed by atoms with Crippen molar-refractivity contribution in [2.24, 2.45) is 17.8 Å². The van der Waals surface area contributed by atoms with E-state index in [2.05, 4.69) is 18.8 Å². The van der Waals surface area contributed by atoms with Gasteiger partial charge in [0.05, 0.1) is 5.03 Å². The SMILES string of the molecule is CC[C@]1(C)c2sc(=O)[nH]c2S[C@@H]2[C@@H]3CC[C@H](C3)[C@H]21. The van der Waals surface area contributed by atoms with Gasteiger partial charge in [-0.1, -0.05) is 25.2 Å². The first-order chi connectivity index (χ1) is 8.63. The van der Waals surface area contributed by atoms with E-state index >= 15 is 0 Å². The van der Waals surface area contributed by atoms with Crippen molar-refractivity contribution in [2.75, 3.05) is 0 Å². The summed E-state index contributed by atoms with van der Waals surface area (Å²) in [6.07, 6.45) is 5.45. The van der Waals surface area contributed by atoms with Crippen LogP contribution in [0.2, 0.25) is 0 Å². The lowest BCUT2D eigenvalue weighted by Crippen LogP contribution is -2.44. The lowest BCUT2D eigenvalue weighted by molar-refractivity contribution is 0.195. The van der Waals surface area contributed by atoms with Crippen LogP contribution in [0.4, 0.5) is 0 Å². The molecule has 2 heterocycles. The second kappa shape index (κ2) is 3.66. The van der Waals surface area contributed by atoms with E-state index in [4.69, 9.17) is 0 Å². The van der Waals surface area contributed by atoms with Crippen molar-refractivity contribution in [1.29, 1.82) is 0 Å². The lowest BCUT2D eigenvalue weighted by atomic mass is 9.66. The van der Waals surface area contributed by atoms with Crippen LogP contribution in [0.3, 0.4) is 0 Å². The zero-order chi connectivity index (χ0) is 12.5. The summed E-state index contributed by atoms with van der Waals surface area (Å²) >= 11 is 3.45. The van der Waals surface area contributed by atoms with E-state index in [1.807, 2.05) is 11.8 Å². The molecule has 98 valence electrons. The minimum Gasteiger partial charge on any atom is -0.307 e. The molecule has 4 heteroatoms. The summed E-state index contributed by atoms with van der Waals surface area (Å²) < 4.78 is 0. The Morgan fingerprint density at radius 3 is 2.94 bits per heavy atom. The Kier molecular flexibility index (Phi) is 2.36. The van der Waals surface area contributed by atoms with Crippen LogP contribution in [0.5, 0.6) is 0 Å². The third-order valence-electron chi connectivity index (χ3n) is 5.70. The maximum atomic E-state index is 11.7. The molecule has 5 atom stereocenters. The van der Waals surface area contributed by atoms with Crippen LogP contribution in [0.1, 0.15) is 44.4 Å². The monoisotopic (exact) mass is 281 g/mol. The highest BCUT2D eigenvalue weighted by molar-refractivity contribution is 8.00. The zero-order valence-corrected chi connectivity index (χ0v) is 12.5. The Bertz CT molecular complexity index is 548. The smallest absolute Gasteiger partial charge is 0.305 e. The fourth-order valence-electron chi connectivity index (χ4n) is 4.75. The summed E-state index contributed by atoms with van der Waals surface area (Å²) in [5, 5.41) is 1.97. The van der Waals surface area contributed by atoms with Gasteiger partial charge in [-0.25, -0.2) is 0 Å². The number of rotatable bonds is 1. The van der Waals surface area contributed by atoms with Crippen molar-refractivity contribution >= 4 is 23.1 Å². The topological polar surface area (TPSA) is 32.9 Å². The van der Waals surface area contributed by atoms with Gasteiger partial charge in [-0.05, 0) is 43.4 Å². The highest BCUT2D eigenvalue weighted by atomic mass is 32.2. The Labute approximate surface area is 116 Å². The predicted molar refractivity (Wildman–Crippen MR) is 76.5 cm³/mol. The van der Waals surface area contributed by atoms with Crippen molar-refractivity contribution in [3.63, 3.8) is 0 Å². The van der Waals surface area contributed by atoms with E-state index in [-0.39, 0.29) is 10.3 Å². The second-order valence-electron chi connectivity index (χ2n) is 6.39. The highest BCUT2D eigenvalue weighted by Crippen LogP contribution is 2.64. The third-order valence-corrected chi connectivity index (χ3v) is 8.48. The van der Waals surface area contributed by atoms with Crippen molar-refractivity contribution in [3.05, 3.63) is 14.5 Å². The Balaban J connectivity index is 1.89. The number of hydrogen-bond acceptors (Lipinski definition) is 3. The number of thioether (sulfide) groups is 1. The molecule has 0 amide bonds. The van der Waals surface area contributed by atoms with Gasteiger partial charge in [0.2, 0.25) is 0 Å². The maximum absolute atomic E-state index is 11.7. The van der Waals surface area contributed by atoms with Crippen LogP contribution in [-0.4, -0.2) is 10.2 Å². The van der Waals surface area contributed by atoms with Crippen molar-refractivity contribution in [3.8, 4) is 0 Å². The van der Waals surface area contributed by atoms with Gasteiger partial charge in [0.1, 0.15) is 0 Å². The molecule has 2 aliphatic carbocycles. The van der Waals surface area contributed by atoms with Crippen LogP contribution in [0.15, 0.2) is 9.82 Å². The number of thiazole rings is 1. The predicted octanol–water partition coefficient (Wildman–Crippen LogP) is 3.62. The molecule has 4 rings (SSSR count). The van der Waals surface area contributed by atoms with Crippen molar-refractivity contribution in [1.82, 2.24) is 4.98 Å². The van der Waals surface area contributed by atoms with Crippen LogP contribution in [0.25, 0.3) is 0 Å². The second-order valence-corrected chi connectivity index (χ2v) is 8.56. The van der Waals surface area contributed by atoms with Crippen LogP contribution < -0.4 is 4.87 Å². The molecular weight excluding hydrogens is 262 g/mol. The van der Waals surface area contributed by atoms with E-state index in [0.717, 1.165) is 23.0 Å². The minimum absolute atomic E-state index is 0.138. The molecular formula is C14H19NOS2. The summed E-state index contributed by atoms with van der Waals surface area (Å²) in [5.74, 6) is 2.64. The highest BCUT2D eigenvalue weighted by Gasteiger charge is 2.58. The first-order valence-corrected chi connectivity index (χ1v) is 8.73. The Morgan fingerprint density at radius 2 is 2.17 bits per heavy atom. The standard InChI is InChI=1S/C14H19NOS2/c1-3-14(2)9-7-4-5-8(6-7)10(9)17-12-11(14)18-13(16)15-12/h7-10H,3-6H2,1-2H3,(H,15,16)/t7-,8-,9-,10-,14+/m1/s1. The first kappa shape index (κ1) is 11.6. The molecule has 3 aliphatic rings. The molecule has 2 saturated carbocycles. The lowest BCUT2D eigenvalue weighted by Gasteiger charge is -2.46. The molecule has 0 saturated heterocycles. The van der Waals surface area contributed by atoms with Gasteiger partial charge in [-0.3, -0.25) is 4.79 Å². The molecule has 1 N–H and O–H groups in total. The van der Waals surface area contributed by atoms with E-state index in [1.54, 1.807) is 0 Å². The molecule has 1 aliphatic heterocycles. The van der Waals surface area contributed by atoms with Gasteiger partial charge in [-0.2, -0.15) is 0 Å². The number of nitrogens with one attached hydrogen (secondary N) is 1. The summed E-state index contributed by atoms with van der Waals surface area (Å²) in [6.45, 7) is 4.71. The quantitative estimate of drug-likeness (QED) is 0.852. The molecule has 1 aromatic heterocycles. The Hall–Kier alpha value is -0.220. The number of aromatic amines is 1. The third kappa shape index (κ3) is 1.29. The van der Waals surface area contributed by atoms with Gasteiger partial charge < -0.3 is 4.98 Å². The average Bonchev–Trinajstić information content (AvgIpc) is 3.02. The van der Waals surface area contributed by atoms with E-state index in [1.165, 1.54) is 46.9 Å². The van der Waals surface area contributed by atoms with Gasteiger partial charge in [0.15, 0.2) is 0 Å². The number of hydrogen-bond donors (Lipinski definition) is 1. The fraction of sp³-hybridized carbons (Fsp3) is 0.786.